The zero-order chi connectivity index (χ0) is 12.4. The van der Waals surface area contributed by atoms with Crippen molar-refractivity contribution in [2.45, 2.75) is 33.1 Å². The summed E-state index contributed by atoms with van der Waals surface area (Å²) in [7, 11) is 0. The van der Waals surface area contributed by atoms with Crippen molar-refractivity contribution in [1.29, 1.82) is 0 Å². The van der Waals surface area contributed by atoms with Crippen LogP contribution in [0.5, 0.6) is 0 Å². The van der Waals surface area contributed by atoms with E-state index in [0.29, 0.717) is 16.6 Å². The molecular weight excluding hydrogens is 240 g/mol. The van der Waals surface area contributed by atoms with Crippen LogP contribution in [0.15, 0.2) is 0 Å². The van der Waals surface area contributed by atoms with Crippen LogP contribution in [0, 0.1) is 0 Å². The highest BCUT2D eigenvalue weighted by molar-refractivity contribution is 7.16. The van der Waals surface area contributed by atoms with Crippen molar-refractivity contribution < 1.29 is 9.53 Å². The second kappa shape index (κ2) is 4.79. The van der Waals surface area contributed by atoms with Gasteiger partial charge in [-0.2, -0.15) is 9.61 Å². The van der Waals surface area contributed by atoms with Gasteiger partial charge < -0.3 is 4.74 Å². The van der Waals surface area contributed by atoms with Crippen LogP contribution in [-0.4, -0.2) is 32.4 Å². The molecular formula is C10H14N4O2S. The zero-order valence-corrected chi connectivity index (χ0v) is 10.8. The average Bonchev–Trinajstić information content (AvgIpc) is 2.76. The van der Waals surface area contributed by atoms with E-state index >= 15 is 0 Å². The van der Waals surface area contributed by atoms with E-state index in [1.165, 1.54) is 11.3 Å². The van der Waals surface area contributed by atoms with Crippen molar-refractivity contribution in [2.24, 2.45) is 0 Å². The molecule has 0 fully saturated rings. The fourth-order valence-electron chi connectivity index (χ4n) is 1.44. The largest absolute Gasteiger partial charge is 0.466 e. The lowest BCUT2D eigenvalue weighted by Crippen LogP contribution is -2.08. The van der Waals surface area contributed by atoms with E-state index in [9.17, 15) is 4.79 Å². The van der Waals surface area contributed by atoms with Crippen molar-refractivity contribution in [2.75, 3.05) is 6.61 Å². The van der Waals surface area contributed by atoms with Gasteiger partial charge in [-0.15, -0.1) is 10.2 Å². The van der Waals surface area contributed by atoms with E-state index in [0.717, 1.165) is 5.82 Å². The van der Waals surface area contributed by atoms with Crippen LogP contribution in [0.25, 0.3) is 4.96 Å². The van der Waals surface area contributed by atoms with E-state index in [-0.39, 0.29) is 18.3 Å². The second-order valence-electron chi connectivity index (χ2n) is 3.88. The molecule has 0 aliphatic carbocycles. The number of ether oxygens (including phenoxy) is 1. The van der Waals surface area contributed by atoms with Gasteiger partial charge in [-0.05, 0) is 6.92 Å². The lowest BCUT2D eigenvalue weighted by atomic mass is 10.2. The minimum atomic E-state index is -0.261. The minimum absolute atomic E-state index is 0.194. The number of fused-ring (bicyclic) bond motifs is 1. The fraction of sp³-hybridized carbons (Fsp3) is 0.600. The molecule has 0 spiro atoms. The Morgan fingerprint density at radius 2 is 2.24 bits per heavy atom. The number of esters is 1. The van der Waals surface area contributed by atoms with Gasteiger partial charge in [0.05, 0.1) is 13.0 Å². The smallest absolute Gasteiger partial charge is 0.312 e. The first-order chi connectivity index (χ1) is 8.11. The Bertz CT molecular complexity index is 531. The summed E-state index contributed by atoms with van der Waals surface area (Å²) >= 11 is 1.37. The molecule has 7 heteroatoms. The Kier molecular flexibility index (Phi) is 3.37. The minimum Gasteiger partial charge on any atom is -0.466 e. The van der Waals surface area contributed by atoms with Gasteiger partial charge in [0.2, 0.25) is 4.96 Å². The van der Waals surface area contributed by atoms with E-state index in [1.807, 2.05) is 13.8 Å². The zero-order valence-electron chi connectivity index (χ0n) is 10.0. The van der Waals surface area contributed by atoms with Crippen LogP contribution >= 0.6 is 11.3 Å². The van der Waals surface area contributed by atoms with Gasteiger partial charge >= 0.3 is 5.97 Å². The standard InChI is InChI=1S/C10H14N4O2S/c1-4-16-8(15)5-7-13-14-9(6(2)3)11-12-10(14)17-7/h6H,4-5H2,1-3H3. The number of aromatic nitrogens is 4. The molecule has 0 aliphatic rings. The Morgan fingerprint density at radius 3 is 2.88 bits per heavy atom. The number of nitrogens with zero attached hydrogens (tertiary/aromatic N) is 4. The number of rotatable bonds is 4. The van der Waals surface area contributed by atoms with Crippen LogP contribution in [-0.2, 0) is 16.0 Å². The maximum Gasteiger partial charge on any atom is 0.312 e. The highest BCUT2D eigenvalue weighted by Gasteiger charge is 2.16. The molecule has 0 radical (unpaired) electrons. The van der Waals surface area contributed by atoms with Crippen molar-refractivity contribution in [3.05, 3.63) is 10.8 Å². The molecule has 2 aromatic rings. The first-order valence-electron chi connectivity index (χ1n) is 5.48. The Hall–Kier alpha value is -1.50. The predicted octanol–water partition coefficient (Wildman–Crippen LogP) is 1.41. The van der Waals surface area contributed by atoms with Crippen molar-refractivity contribution in [3.8, 4) is 0 Å². The monoisotopic (exact) mass is 254 g/mol. The van der Waals surface area contributed by atoms with Crippen LogP contribution < -0.4 is 0 Å². The molecule has 92 valence electrons. The molecule has 0 atom stereocenters. The first-order valence-corrected chi connectivity index (χ1v) is 6.30. The van der Waals surface area contributed by atoms with Gasteiger partial charge in [-0.25, -0.2) is 0 Å². The summed E-state index contributed by atoms with van der Waals surface area (Å²) in [6.45, 7) is 6.23. The third-order valence-corrected chi connectivity index (χ3v) is 3.07. The molecule has 0 unspecified atom stereocenters. The van der Waals surface area contributed by atoms with Gasteiger partial charge in [-0.1, -0.05) is 25.2 Å². The molecule has 2 heterocycles. The second-order valence-corrected chi connectivity index (χ2v) is 4.93. The van der Waals surface area contributed by atoms with Crippen molar-refractivity contribution in [3.63, 3.8) is 0 Å². The number of hydrogen-bond donors (Lipinski definition) is 0. The van der Waals surface area contributed by atoms with E-state index in [4.69, 9.17) is 4.74 Å². The molecule has 0 N–H and O–H groups in total. The van der Waals surface area contributed by atoms with Gasteiger partial charge in [0, 0.05) is 5.92 Å². The fourth-order valence-corrected chi connectivity index (χ4v) is 2.26. The normalized spacial score (nSPS) is 11.3. The average molecular weight is 254 g/mol. The molecule has 6 nitrogen and oxygen atoms in total. The molecule has 17 heavy (non-hydrogen) atoms. The summed E-state index contributed by atoms with van der Waals surface area (Å²) in [6, 6.07) is 0. The Labute approximate surface area is 103 Å². The third kappa shape index (κ3) is 2.44. The maximum atomic E-state index is 11.3. The molecule has 0 saturated carbocycles. The molecule has 2 aromatic heterocycles. The van der Waals surface area contributed by atoms with Crippen LogP contribution in [0.1, 0.15) is 37.5 Å². The summed E-state index contributed by atoms with van der Waals surface area (Å²) in [5.74, 6) is 0.803. The first kappa shape index (κ1) is 12.0. The topological polar surface area (TPSA) is 69.4 Å². The summed E-state index contributed by atoms with van der Waals surface area (Å²) in [5.41, 5.74) is 0. The highest BCUT2D eigenvalue weighted by Crippen LogP contribution is 2.18. The summed E-state index contributed by atoms with van der Waals surface area (Å²) in [5, 5.41) is 13.1. The molecule has 0 aliphatic heterocycles. The highest BCUT2D eigenvalue weighted by atomic mass is 32.1. The van der Waals surface area contributed by atoms with Gasteiger partial charge in [0.25, 0.3) is 0 Å². The van der Waals surface area contributed by atoms with Gasteiger partial charge in [0.15, 0.2) is 5.82 Å². The van der Waals surface area contributed by atoms with Gasteiger partial charge in [-0.3, -0.25) is 4.79 Å². The Morgan fingerprint density at radius 1 is 1.47 bits per heavy atom. The maximum absolute atomic E-state index is 11.3. The molecule has 0 aromatic carbocycles. The quantitative estimate of drug-likeness (QED) is 0.772. The summed E-state index contributed by atoms with van der Waals surface area (Å²) in [6.07, 6.45) is 0.194. The van der Waals surface area contributed by atoms with E-state index in [2.05, 4.69) is 15.3 Å². The number of carbonyl (C=O) groups excluding carboxylic acids is 1. The summed E-state index contributed by atoms with van der Waals surface area (Å²) < 4.78 is 6.58. The third-order valence-electron chi connectivity index (χ3n) is 2.17. The Balaban J connectivity index is 2.23. The van der Waals surface area contributed by atoms with Crippen molar-refractivity contribution >= 4 is 22.3 Å². The SMILES string of the molecule is CCOC(=O)Cc1nn2c(C(C)C)nnc2s1. The number of carbonyl (C=O) groups is 1. The molecule has 0 bridgehead atoms. The number of hydrogen-bond acceptors (Lipinski definition) is 6. The lowest BCUT2D eigenvalue weighted by Gasteiger charge is -1.99. The van der Waals surface area contributed by atoms with Crippen LogP contribution in [0.4, 0.5) is 0 Å². The van der Waals surface area contributed by atoms with Crippen LogP contribution in [0.3, 0.4) is 0 Å². The van der Waals surface area contributed by atoms with Crippen molar-refractivity contribution in [1.82, 2.24) is 19.8 Å². The van der Waals surface area contributed by atoms with E-state index < -0.39 is 0 Å². The van der Waals surface area contributed by atoms with Crippen LogP contribution in [0.2, 0.25) is 0 Å². The summed E-state index contributed by atoms with van der Waals surface area (Å²) in [4.78, 5) is 12.0. The lowest BCUT2D eigenvalue weighted by molar-refractivity contribution is -0.142. The molecule has 0 amide bonds. The molecule has 0 saturated heterocycles. The predicted molar refractivity (Wildman–Crippen MR) is 63.1 cm³/mol. The van der Waals surface area contributed by atoms with E-state index in [1.54, 1.807) is 11.4 Å². The van der Waals surface area contributed by atoms with Gasteiger partial charge in [0.1, 0.15) is 5.01 Å². The molecule has 2 rings (SSSR count).